The predicted octanol–water partition coefficient (Wildman–Crippen LogP) is 5.91. The van der Waals surface area contributed by atoms with Gasteiger partial charge in [-0.3, -0.25) is 4.79 Å². The highest BCUT2D eigenvalue weighted by Gasteiger charge is 2.35. The number of aryl methyl sites for hydroxylation is 1. The molecule has 0 saturated heterocycles. The Labute approximate surface area is 162 Å². The van der Waals surface area contributed by atoms with Crippen molar-refractivity contribution in [2.45, 2.75) is 44.9 Å². The molecule has 148 valence electrons. The van der Waals surface area contributed by atoms with Crippen LogP contribution in [0.25, 0.3) is 10.1 Å². The highest BCUT2D eigenvalue weighted by Crippen LogP contribution is 2.47. The van der Waals surface area contributed by atoms with Crippen LogP contribution >= 0.6 is 11.3 Å². The first-order valence-electron chi connectivity index (χ1n) is 8.77. The summed E-state index contributed by atoms with van der Waals surface area (Å²) in [5.41, 5.74) is 2.20. The number of hydrogen-bond acceptors (Lipinski definition) is 4. The fraction of sp³-hybridized carbons (Fsp3) is 0.350. The maximum atomic E-state index is 12.8. The minimum atomic E-state index is -4.53. The van der Waals surface area contributed by atoms with Crippen molar-refractivity contribution in [2.75, 3.05) is 0 Å². The van der Waals surface area contributed by atoms with Crippen LogP contribution in [0.15, 0.2) is 28.0 Å². The van der Waals surface area contributed by atoms with E-state index in [1.54, 1.807) is 0 Å². The van der Waals surface area contributed by atoms with Crippen LogP contribution < -0.4 is 4.74 Å². The lowest BCUT2D eigenvalue weighted by molar-refractivity contribution is -0.153. The van der Waals surface area contributed by atoms with Gasteiger partial charge in [0.05, 0.1) is 6.42 Å². The third-order valence-electron chi connectivity index (χ3n) is 4.81. The Morgan fingerprint density at radius 2 is 2.04 bits per heavy atom. The van der Waals surface area contributed by atoms with Crippen molar-refractivity contribution in [1.82, 2.24) is 0 Å². The average molecular weight is 410 g/mol. The van der Waals surface area contributed by atoms with Gasteiger partial charge in [0.2, 0.25) is 5.76 Å². The zero-order valence-electron chi connectivity index (χ0n) is 14.9. The molecule has 0 unspecified atom stereocenters. The quantitative estimate of drug-likeness (QED) is 0.549. The van der Waals surface area contributed by atoms with E-state index in [1.165, 1.54) is 18.3 Å². The van der Waals surface area contributed by atoms with Crippen molar-refractivity contribution in [3.63, 3.8) is 0 Å². The molecule has 0 amide bonds. The normalized spacial score (nSPS) is 14.6. The summed E-state index contributed by atoms with van der Waals surface area (Å²) >= 11 is 1.45. The molecule has 1 fully saturated rings. The molecule has 1 N–H and O–H groups in total. The van der Waals surface area contributed by atoms with Crippen molar-refractivity contribution in [3.8, 4) is 5.75 Å². The Hall–Kier alpha value is -2.48. The van der Waals surface area contributed by atoms with E-state index in [1.807, 2.05) is 17.5 Å². The van der Waals surface area contributed by atoms with Crippen molar-refractivity contribution >= 4 is 27.4 Å². The van der Waals surface area contributed by atoms with Crippen LogP contribution in [0, 0.1) is 6.92 Å². The second-order valence-electron chi connectivity index (χ2n) is 6.97. The molecule has 3 aromatic rings. The summed E-state index contributed by atoms with van der Waals surface area (Å²) in [5.74, 6) is -0.796. The van der Waals surface area contributed by atoms with Gasteiger partial charge < -0.3 is 14.3 Å². The molecule has 28 heavy (non-hydrogen) atoms. The van der Waals surface area contributed by atoms with Crippen molar-refractivity contribution in [1.29, 1.82) is 0 Å². The van der Waals surface area contributed by atoms with E-state index in [9.17, 15) is 18.0 Å². The van der Waals surface area contributed by atoms with Gasteiger partial charge in [0.1, 0.15) is 18.1 Å². The van der Waals surface area contributed by atoms with Gasteiger partial charge in [-0.05, 0) is 65.8 Å². The largest absolute Gasteiger partial charge is 0.489 e. The van der Waals surface area contributed by atoms with Gasteiger partial charge in [0.25, 0.3) is 0 Å². The van der Waals surface area contributed by atoms with Gasteiger partial charge in [-0.15, -0.1) is 11.3 Å². The molecule has 0 radical (unpaired) electrons. The maximum absolute atomic E-state index is 12.8. The molecule has 2 heterocycles. The Morgan fingerprint density at radius 1 is 1.29 bits per heavy atom. The van der Waals surface area contributed by atoms with Crippen LogP contribution in [0.4, 0.5) is 13.2 Å². The Kier molecular flexibility index (Phi) is 4.61. The number of halogens is 3. The maximum Gasteiger partial charge on any atom is 0.449 e. The zero-order chi connectivity index (χ0) is 20.1. The fourth-order valence-corrected chi connectivity index (χ4v) is 4.32. The predicted molar refractivity (Wildman–Crippen MR) is 97.9 cm³/mol. The van der Waals surface area contributed by atoms with Gasteiger partial charge in [-0.2, -0.15) is 13.2 Å². The van der Waals surface area contributed by atoms with E-state index < -0.39 is 17.9 Å². The molecule has 1 aromatic carbocycles. The van der Waals surface area contributed by atoms with Crippen molar-refractivity contribution in [2.24, 2.45) is 0 Å². The van der Waals surface area contributed by atoms with Crippen LogP contribution in [0.5, 0.6) is 5.75 Å². The Balaban J connectivity index is 1.62. The van der Waals surface area contributed by atoms with Crippen LogP contribution in [0.2, 0.25) is 0 Å². The first-order chi connectivity index (χ1) is 13.2. The minimum Gasteiger partial charge on any atom is -0.489 e. The summed E-state index contributed by atoms with van der Waals surface area (Å²) in [6.07, 6.45) is -2.49. The second-order valence-corrected chi connectivity index (χ2v) is 7.88. The summed E-state index contributed by atoms with van der Waals surface area (Å²) in [4.78, 5) is 11.1. The molecule has 8 heteroatoms. The molecule has 0 spiro atoms. The Morgan fingerprint density at radius 3 is 2.64 bits per heavy atom. The number of fused-ring (bicyclic) bond motifs is 1. The summed E-state index contributed by atoms with van der Waals surface area (Å²) in [5, 5.41) is 12.0. The van der Waals surface area contributed by atoms with Gasteiger partial charge >= 0.3 is 12.1 Å². The minimum absolute atomic E-state index is 0.0333. The summed E-state index contributed by atoms with van der Waals surface area (Å²) in [6.45, 7) is 1.44. The lowest BCUT2D eigenvalue weighted by atomic mass is 10.0. The molecule has 4 nitrogen and oxygen atoms in total. The van der Waals surface area contributed by atoms with E-state index in [2.05, 4.69) is 0 Å². The third kappa shape index (κ3) is 3.73. The number of carboxylic acids is 1. The molecule has 1 aliphatic rings. The molecule has 4 rings (SSSR count). The molecular formula is C20H17F3O4S. The van der Waals surface area contributed by atoms with E-state index in [0.717, 1.165) is 40.1 Å². The number of furan rings is 1. The van der Waals surface area contributed by atoms with Gasteiger partial charge in [0.15, 0.2) is 0 Å². The second kappa shape index (κ2) is 6.84. The van der Waals surface area contributed by atoms with Gasteiger partial charge in [-0.25, -0.2) is 0 Å². The first kappa shape index (κ1) is 18.9. The highest BCUT2D eigenvalue weighted by molar-refractivity contribution is 7.17. The number of carboxylic acid groups (broad SMARTS) is 1. The monoisotopic (exact) mass is 410 g/mol. The summed E-state index contributed by atoms with van der Waals surface area (Å²) in [6, 6.07) is 4.67. The van der Waals surface area contributed by atoms with Crippen molar-refractivity contribution < 1.29 is 32.2 Å². The number of benzene rings is 1. The molecular weight excluding hydrogens is 393 g/mol. The van der Waals surface area contributed by atoms with E-state index >= 15 is 0 Å². The summed E-state index contributed by atoms with van der Waals surface area (Å²) in [7, 11) is 0. The Bertz CT molecular complexity index is 1040. The molecule has 1 aliphatic carbocycles. The average Bonchev–Trinajstić information content (AvgIpc) is 3.27. The molecule has 2 aromatic heterocycles. The number of alkyl halides is 3. The number of rotatable bonds is 6. The lowest BCUT2D eigenvalue weighted by Crippen LogP contribution is -2.02. The third-order valence-corrected chi connectivity index (χ3v) is 5.79. The van der Waals surface area contributed by atoms with E-state index in [-0.39, 0.29) is 18.8 Å². The van der Waals surface area contributed by atoms with Crippen molar-refractivity contribution in [3.05, 3.63) is 51.8 Å². The smallest absolute Gasteiger partial charge is 0.449 e. The highest BCUT2D eigenvalue weighted by atomic mass is 32.1. The zero-order valence-corrected chi connectivity index (χ0v) is 15.7. The van der Waals surface area contributed by atoms with E-state index in [4.69, 9.17) is 14.3 Å². The molecule has 0 bridgehead atoms. The van der Waals surface area contributed by atoms with Crippen LogP contribution in [0.1, 0.15) is 47.0 Å². The topological polar surface area (TPSA) is 59.7 Å². The molecule has 1 saturated carbocycles. The molecule has 0 aliphatic heterocycles. The number of ether oxygens (including phenoxy) is 1. The van der Waals surface area contributed by atoms with Gasteiger partial charge in [-0.1, -0.05) is 0 Å². The number of carbonyl (C=O) groups is 1. The number of hydrogen-bond donors (Lipinski definition) is 1. The van der Waals surface area contributed by atoms with E-state index in [0.29, 0.717) is 17.2 Å². The lowest BCUT2D eigenvalue weighted by Gasteiger charge is -2.10. The summed E-state index contributed by atoms with van der Waals surface area (Å²) < 4.78 is 49.9. The van der Waals surface area contributed by atoms with Gasteiger partial charge in [0, 0.05) is 10.3 Å². The van der Waals surface area contributed by atoms with Crippen LogP contribution in [-0.4, -0.2) is 11.1 Å². The van der Waals surface area contributed by atoms with Crippen LogP contribution in [-0.2, 0) is 24.0 Å². The van der Waals surface area contributed by atoms with Crippen LogP contribution in [0.3, 0.4) is 0 Å². The molecule has 0 atom stereocenters. The fourth-order valence-electron chi connectivity index (χ4n) is 3.30. The number of aliphatic carboxylic acids is 1. The first-order valence-corrected chi connectivity index (χ1v) is 9.65. The number of thiophene rings is 1. The standard InChI is InChI=1S/C20H17F3O4S/c1-10-12(4-17(27-10)20(21,22)23)8-26-14-6-15(11-2-3-11)19-13(5-18(24)25)9-28-16(19)7-14/h4,6-7,9,11H,2-3,5,8H2,1H3,(H,24,25). The SMILES string of the molecule is Cc1oc(C(F)(F)F)cc1COc1cc(C2CC2)c2c(CC(=O)O)csc2c1.